The summed E-state index contributed by atoms with van der Waals surface area (Å²) in [6.07, 6.45) is -2.67. The first kappa shape index (κ1) is 14.6. The van der Waals surface area contributed by atoms with Gasteiger partial charge >= 0.3 is 12.0 Å². The lowest BCUT2D eigenvalue weighted by Crippen LogP contribution is -2.50. The van der Waals surface area contributed by atoms with Crippen molar-refractivity contribution in [2.24, 2.45) is 0 Å². The number of hydrogen-bond donors (Lipinski definition) is 3. The van der Waals surface area contributed by atoms with Crippen LogP contribution < -0.4 is 5.32 Å². The number of carboxylic acids is 1. The van der Waals surface area contributed by atoms with Gasteiger partial charge in [-0.3, -0.25) is 0 Å². The zero-order valence-electron chi connectivity index (χ0n) is 8.91. The molecule has 0 aromatic carbocycles. The zero-order chi connectivity index (χ0) is 12.9. The third-order valence-electron chi connectivity index (χ3n) is 1.80. The molecule has 8 heteroatoms. The van der Waals surface area contributed by atoms with Gasteiger partial charge in [0.2, 0.25) is 0 Å². The summed E-state index contributed by atoms with van der Waals surface area (Å²) in [5, 5.41) is 19.8. The summed E-state index contributed by atoms with van der Waals surface area (Å²) < 4.78 is 23.8. The van der Waals surface area contributed by atoms with E-state index in [1.165, 1.54) is 0 Å². The van der Waals surface area contributed by atoms with E-state index in [4.69, 9.17) is 5.11 Å². The molecule has 0 saturated carbocycles. The minimum Gasteiger partial charge on any atom is -0.479 e. The van der Waals surface area contributed by atoms with Crippen LogP contribution in [-0.4, -0.2) is 59.3 Å². The quantitative estimate of drug-likeness (QED) is 0.617. The molecule has 0 saturated heterocycles. The average molecular weight is 240 g/mol. The van der Waals surface area contributed by atoms with Crippen LogP contribution in [0.25, 0.3) is 0 Å². The molecule has 3 N–H and O–H groups in total. The van der Waals surface area contributed by atoms with Gasteiger partial charge in [-0.1, -0.05) is 0 Å². The van der Waals surface area contributed by atoms with Crippen molar-refractivity contribution in [2.75, 3.05) is 20.1 Å². The molecule has 1 atom stereocenters. The van der Waals surface area contributed by atoms with Crippen molar-refractivity contribution in [2.45, 2.75) is 19.0 Å². The Kier molecular flexibility index (Phi) is 5.09. The summed E-state index contributed by atoms with van der Waals surface area (Å²) >= 11 is 0. The first-order valence-electron chi connectivity index (χ1n) is 4.39. The molecule has 0 fully saturated rings. The number of urea groups is 1. The molecule has 6 nitrogen and oxygen atoms in total. The Morgan fingerprint density at radius 2 is 2.00 bits per heavy atom. The zero-order valence-corrected chi connectivity index (χ0v) is 8.91. The fourth-order valence-electron chi connectivity index (χ4n) is 0.748. The highest BCUT2D eigenvalue weighted by atomic mass is 19.3. The second-order valence-electron chi connectivity index (χ2n) is 3.51. The summed E-state index contributed by atoms with van der Waals surface area (Å²) in [7, 11) is 1.14. The van der Waals surface area contributed by atoms with Gasteiger partial charge in [-0.2, -0.15) is 0 Å². The molecule has 0 aromatic rings. The summed E-state index contributed by atoms with van der Waals surface area (Å²) in [6, 6.07) is -0.873. The predicted octanol–water partition coefficient (Wildman–Crippen LogP) is -0.272. The topological polar surface area (TPSA) is 89.9 Å². The van der Waals surface area contributed by atoms with Gasteiger partial charge < -0.3 is 20.4 Å². The molecule has 0 aliphatic carbocycles. The number of carbonyl (C=O) groups is 2. The molecule has 0 bridgehead atoms. The van der Waals surface area contributed by atoms with Crippen molar-refractivity contribution in [1.82, 2.24) is 10.2 Å². The Labute approximate surface area is 90.8 Å². The molecule has 0 aliphatic rings. The molecule has 0 rings (SSSR count). The van der Waals surface area contributed by atoms with E-state index < -0.39 is 37.1 Å². The molecule has 94 valence electrons. The molecule has 1 unspecified atom stereocenters. The first-order valence-corrected chi connectivity index (χ1v) is 4.39. The van der Waals surface area contributed by atoms with Crippen LogP contribution >= 0.6 is 0 Å². The number of nitrogens with zero attached hydrogens (tertiary/aromatic N) is 1. The predicted molar refractivity (Wildman–Crippen MR) is 50.3 cm³/mol. The lowest BCUT2D eigenvalue weighted by molar-refractivity contribution is -0.155. The maximum atomic E-state index is 11.9. The van der Waals surface area contributed by atoms with Crippen LogP contribution in [0.5, 0.6) is 0 Å². The SMILES string of the molecule is CN(CC(F)F)C(=O)NCC(C)(O)C(=O)O. The van der Waals surface area contributed by atoms with Gasteiger partial charge in [0.05, 0.1) is 13.1 Å². The van der Waals surface area contributed by atoms with Crippen molar-refractivity contribution in [3.63, 3.8) is 0 Å². The second kappa shape index (κ2) is 5.59. The minimum absolute atomic E-state index is 0.561. The Morgan fingerprint density at radius 1 is 1.50 bits per heavy atom. The van der Waals surface area contributed by atoms with Gasteiger partial charge in [0.25, 0.3) is 6.43 Å². The fraction of sp³-hybridized carbons (Fsp3) is 0.750. The maximum Gasteiger partial charge on any atom is 0.337 e. The highest BCUT2D eigenvalue weighted by Gasteiger charge is 2.30. The lowest BCUT2D eigenvalue weighted by atomic mass is 10.1. The summed E-state index contributed by atoms with van der Waals surface area (Å²) in [5.41, 5.74) is -2.12. The van der Waals surface area contributed by atoms with E-state index in [2.05, 4.69) is 0 Å². The Bertz CT molecular complexity index is 271. The van der Waals surface area contributed by atoms with Crippen LogP contribution in [0.3, 0.4) is 0 Å². The van der Waals surface area contributed by atoms with E-state index in [1.807, 2.05) is 5.32 Å². The summed E-state index contributed by atoms with van der Waals surface area (Å²) in [5.74, 6) is -1.51. The van der Waals surface area contributed by atoms with Gasteiger partial charge in [0, 0.05) is 7.05 Å². The van der Waals surface area contributed by atoms with Crippen LogP contribution in [0.2, 0.25) is 0 Å². The third kappa shape index (κ3) is 4.87. The molecule has 16 heavy (non-hydrogen) atoms. The number of aliphatic carboxylic acids is 1. The van der Waals surface area contributed by atoms with Crippen LogP contribution in [0, 0.1) is 0 Å². The van der Waals surface area contributed by atoms with E-state index >= 15 is 0 Å². The largest absolute Gasteiger partial charge is 0.479 e. The molecular formula is C8H14F2N2O4. The number of carboxylic acid groups (broad SMARTS) is 1. The van der Waals surface area contributed by atoms with E-state index in [0.29, 0.717) is 4.90 Å². The molecule has 0 heterocycles. The number of halogens is 2. The van der Waals surface area contributed by atoms with E-state index in [1.54, 1.807) is 0 Å². The van der Waals surface area contributed by atoms with Gasteiger partial charge in [-0.05, 0) is 6.92 Å². The van der Waals surface area contributed by atoms with Crippen LogP contribution in [0.1, 0.15) is 6.92 Å². The van der Waals surface area contributed by atoms with Crippen molar-refractivity contribution >= 4 is 12.0 Å². The minimum atomic E-state index is -2.67. The average Bonchev–Trinajstić information content (AvgIpc) is 2.12. The molecule has 0 aliphatic heterocycles. The fourth-order valence-corrected chi connectivity index (χ4v) is 0.748. The van der Waals surface area contributed by atoms with Crippen molar-refractivity contribution in [3.05, 3.63) is 0 Å². The number of aliphatic hydroxyl groups is 1. The van der Waals surface area contributed by atoms with E-state index in [-0.39, 0.29) is 0 Å². The van der Waals surface area contributed by atoms with E-state index in [0.717, 1.165) is 14.0 Å². The molecule has 2 amide bonds. The molecule has 0 aromatic heterocycles. The summed E-state index contributed by atoms with van der Waals surface area (Å²) in [6.45, 7) is -0.335. The number of carbonyl (C=O) groups excluding carboxylic acids is 1. The monoisotopic (exact) mass is 240 g/mol. The van der Waals surface area contributed by atoms with Crippen molar-refractivity contribution in [1.29, 1.82) is 0 Å². The van der Waals surface area contributed by atoms with Gasteiger partial charge in [-0.15, -0.1) is 0 Å². The molecular weight excluding hydrogens is 226 g/mol. The summed E-state index contributed by atoms with van der Waals surface area (Å²) in [4.78, 5) is 22.3. The number of nitrogens with one attached hydrogen (secondary N) is 1. The lowest BCUT2D eigenvalue weighted by Gasteiger charge is -2.22. The van der Waals surface area contributed by atoms with Crippen molar-refractivity contribution < 1.29 is 28.6 Å². The third-order valence-corrected chi connectivity index (χ3v) is 1.80. The highest BCUT2D eigenvalue weighted by molar-refractivity contribution is 5.79. The van der Waals surface area contributed by atoms with Gasteiger partial charge in [-0.25, -0.2) is 18.4 Å². The number of hydrogen-bond acceptors (Lipinski definition) is 3. The van der Waals surface area contributed by atoms with Crippen LogP contribution in [0.15, 0.2) is 0 Å². The van der Waals surface area contributed by atoms with Crippen molar-refractivity contribution in [3.8, 4) is 0 Å². The number of rotatable bonds is 5. The van der Waals surface area contributed by atoms with Gasteiger partial charge in [0.15, 0.2) is 5.60 Å². The highest BCUT2D eigenvalue weighted by Crippen LogP contribution is 2.02. The molecule has 0 radical (unpaired) electrons. The molecule has 0 spiro atoms. The van der Waals surface area contributed by atoms with E-state index in [9.17, 15) is 23.5 Å². The Morgan fingerprint density at radius 3 is 2.38 bits per heavy atom. The standard InChI is InChI=1S/C8H14F2N2O4/c1-8(16,6(13)14)4-11-7(15)12(2)3-5(9)10/h5,16H,3-4H2,1-2H3,(H,11,15)(H,13,14). The van der Waals surface area contributed by atoms with Gasteiger partial charge in [0.1, 0.15) is 0 Å². The second-order valence-corrected chi connectivity index (χ2v) is 3.51. The maximum absolute atomic E-state index is 11.9. The number of alkyl halides is 2. The Hall–Kier alpha value is -1.44. The van der Waals surface area contributed by atoms with Crippen LogP contribution in [0.4, 0.5) is 13.6 Å². The smallest absolute Gasteiger partial charge is 0.337 e. The Balaban J connectivity index is 4.12. The number of amides is 2. The van der Waals surface area contributed by atoms with Crippen LogP contribution in [-0.2, 0) is 4.79 Å². The first-order chi connectivity index (χ1) is 7.16. The normalized spacial score (nSPS) is 14.4.